The maximum atomic E-state index is 11.5. The molecule has 1 aromatic carbocycles. The topological polar surface area (TPSA) is 69.3 Å². The van der Waals surface area contributed by atoms with Gasteiger partial charge in [-0.05, 0) is 57.0 Å². The zero-order chi connectivity index (χ0) is 21.5. The zero-order valence-corrected chi connectivity index (χ0v) is 18.4. The molecule has 0 radical (unpaired) electrons. The quantitative estimate of drug-likeness (QED) is 0.433. The molecule has 0 saturated heterocycles. The Morgan fingerprint density at radius 1 is 1.27 bits per heavy atom. The molecular formula is C23H25N3O3S. The van der Waals surface area contributed by atoms with Gasteiger partial charge in [-0.2, -0.15) is 0 Å². The Balaban J connectivity index is 1.80. The first-order valence-electron chi connectivity index (χ1n) is 9.80. The van der Waals surface area contributed by atoms with Gasteiger partial charge >= 0.3 is 5.97 Å². The standard InChI is InChI=1S/C23H25N3O3S/c1-15-11-16(25-10-8-24-14-25)5-6-17(15)18-12-20-19(13-21(30-20)22(27)28)26(18)9-7-23(2,3)29-4/h5-6,8,10-14H,7,9H2,1-4H3,(H,27,28). The van der Waals surface area contributed by atoms with Crippen LogP contribution in [0, 0.1) is 6.92 Å². The summed E-state index contributed by atoms with van der Waals surface area (Å²) in [5.74, 6) is -0.887. The second-order valence-electron chi connectivity index (χ2n) is 8.03. The van der Waals surface area contributed by atoms with Gasteiger partial charge in [0.2, 0.25) is 0 Å². The Bertz CT molecular complexity index is 1200. The highest BCUT2D eigenvalue weighted by atomic mass is 32.1. The van der Waals surface area contributed by atoms with Crippen molar-refractivity contribution in [3.8, 4) is 16.9 Å². The van der Waals surface area contributed by atoms with Crippen LogP contribution >= 0.6 is 11.3 Å². The molecule has 156 valence electrons. The Labute approximate surface area is 179 Å². The number of rotatable bonds is 7. The van der Waals surface area contributed by atoms with Gasteiger partial charge in [-0.15, -0.1) is 11.3 Å². The number of carbonyl (C=O) groups is 1. The Hall–Kier alpha value is -2.90. The summed E-state index contributed by atoms with van der Waals surface area (Å²) in [5.41, 5.74) is 5.13. The number of nitrogens with zero attached hydrogens (tertiary/aromatic N) is 3. The van der Waals surface area contributed by atoms with Crippen molar-refractivity contribution in [1.29, 1.82) is 0 Å². The number of aromatic carboxylic acids is 1. The van der Waals surface area contributed by atoms with E-state index in [1.807, 2.05) is 10.8 Å². The summed E-state index contributed by atoms with van der Waals surface area (Å²) in [6, 6.07) is 10.2. The first-order chi connectivity index (χ1) is 14.3. The number of carboxylic acid groups (broad SMARTS) is 1. The van der Waals surface area contributed by atoms with Crippen molar-refractivity contribution in [1.82, 2.24) is 14.1 Å². The summed E-state index contributed by atoms with van der Waals surface area (Å²) in [6.07, 6.45) is 6.28. The molecule has 7 heteroatoms. The average Bonchev–Trinajstić information content (AvgIpc) is 3.43. The molecule has 0 spiro atoms. The SMILES string of the molecule is COC(C)(C)CCn1c(-c2ccc(-n3ccnc3)cc2C)cc2sc(C(=O)O)cc21. The summed E-state index contributed by atoms with van der Waals surface area (Å²) in [4.78, 5) is 16.0. The highest BCUT2D eigenvalue weighted by molar-refractivity contribution is 7.20. The van der Waals surface area contributed by atoms with E-state index in [2.05, 4.69) is 54.6 Å². The molecule has 0 amide bonds. The monoisotopic (exact) mass is 423 g/mol. The first-order valence-corrected chi connectivity index (χ1v) is 10.6. The van der Waals surface area contributed by atoms with Crippen LogP contribution in [-0.4, -0.2) is 37.9 Å². The third-order valence-corrected chi connectivity index (χ3v) is 6.64. The van der Waals surface area contributed by atoms with Crippen LogP contribution in [0.2, 0.25) is 0 Å². The predicted octanol–water partition coefficient (Wildman–Crippen LogP) is 5.38. The maximum Gasteiger partial charge on any atom is 0.345 e. The average molecular weight is 424 g/mol. The molecule has 0 bridgehead atoms. The molecule has 1 N–H and O–H groups in total. The van der Waals surface area contributed by atoms with Gasteiger partial charge in [0.1, 0.15) is 4.88 Å². The molecule has 3 heterocycles. The Morgan fingerprint density at radius 2 is 2.07 bits per heavy atom. The zero-order valence-electron chi connectivity index (χ0n) is 17.5. The largest absolute Gasteiger partial charge is 0.477 e. The van der Waals surface area contributed by atoms with E-state index in [1.165, 1.54) is 11.3 Å². The minimum Gasteiger partial charge on any atom is -0.477 e. The molecule has 4 aromatic rings. The van der Waals surface area contributed by atoms with Crippen LogP contribution in [0.15, 0.2) is 49.1 Å². The van der Waals surface area contributed by atoms with Crippen LogP contribution in [0.5, 0.6) is 0 Å². The van der Waals surface area contributed by atoms with Crippen molar-refractivity contribution in [3.05, 3.63) is 59.5 Å². The number of aryl methyl sites for hydroxylation is 2. The van der Waals surface area contributed by atoms with Gasteiger partial charge in [-0.3, -0.25) is 0 Å². The third kappa shape index (κ3) is 3.78. The molecule has 0 aliphatic heterocycles. The van der Waals surface area contributed by atoms with Gasteiger partial charge in [-0.1, -0.05) is 6.07 Å². The number of methoxy groups -OCH3 is 1. The van der Waals surface area contributed by atoms with Crippen molar-refractivity contribution in [2.45, 2.75) is 39.3 Å². The molecule has 0 unspecified atom stereocenters. The van der Waals surface area contributed by atoms with E-state index < -0.39 is 5.97 Å². The van der Waals surface area contributed by atoms with Crippen LogP contribution in [0.1, 0.15) is 35.5 Å². The molecule has 6 nitrogen and oxygen atoms in total. The van der Waals surface area contributed by atoms with E-state index in [0.29, 0.717) is 4.88 Å². The Morgan fingerprint density at radius 3 is 2.70 bits per heavy atom. The number of fused-ring (bicyclic) bond motifs is 1. The fraction of sp³-hybridized carbons (Fsp3) is 0.304. The smallest absolute Gasteiger partial charge is 0.345 e. The summed E-state index contributed by atoms with van der Waals surface area (Å²) >= 11 is 1.32. The number of hydrogen-bond acceptors (Lipinski definition) is 4. The normalized spacial score (nSPS) is 12.0. The van der Waals surface area contributed by atoms with Crippen LogP contribution in [0.4, 0.5) is 0 Å². The van der Waals surface area contributed by atoms with E-state index in [1.54, 1.807) is 25.7 Å². The highest BCUT2D eigenvalue weighted by Crippen LogP contribution is 2.36. The Kier molecular flexibility index (Phi) is 5.26. The van der Waals surface area contributed by atoms with Crippen LogP contribution < -0.4 is 0 Å². The minimum atomic E-state index is -0.887. The molecule has 0 fully saturated rings. The van der Waals surface area contributed by atoms with Crippen molar-refractivity contribution in [3.63, 3.8) is 0 Å². The predicted molar refractivity (Wildman–Crippen MR) is 120 cm³/mol. The minimum absolute atomic E-state index is 0.264. The van der Waals surface area contributed by atoms with E-state index >= 15 is 0 Å². The van der Waals surface area contributed by atoms with Crippen molar-refractivity contribution < 1.29 is 14.6 Å². The molecule has 0 atom stereocenters. The van der Waals surface area contributed by atoms with Crippen LogP contribution in [-0.2, 0) is 11.3 Å². The van der Waals surface area contributed by atoms with E-state index in [-0.39, 0.29) is 5.60 Å². The third-order valence-electron chi connectivity index (χ3n) is 5.58. The number of thiophene rings is 1. The van der Waals surface area contributed by atoms with Crippen molar-refractivity contribution in [2.24, 2.45) is 0 Å². The lowest BCUT2D eigenvalue weighted by Gasteiger charge is -2.24. The number of carboxylic acids is 1. The van der Waals surface area contributed by atoms with Gasteiger partial charge < -0.3 is 19.0 Å². The number of benzene rings is 1. The number of ether oxygens (including phenoxy) is 1. The van der Waals surface area contributed by atoms with Crippen molar-refractivity contribution in [2.75, 3.05) is 7.11 Å². The van der Waals surface area contributed by atoms with Gasteiger partial charge in [0.15, 0.2) is 0 Å². The fourth-order valence-corrected chi connectivity index (χ4v) is 4.54. The summed E-state index contributed by atoms with van der Waals surface area (Å²) in [5, 5.41) is 9.42. The lowest BCUT2D eigenvalue weighted by molar-refractivity contribution is 0.0124. The van der Waals surface area contributed by atoms with Crippen LogP contribution in [0.3, 0.4) is 0 Å². The summed E-state index contributed by atoms with van der Waals surface area (Å²) in [6.45, 7) is 6.96. The highest BCUT2D eigenvalue weighted by Gasteiger charge is 2.21. The van der Waals surface area contributed by atoms with Gasteiger partial charge in [0.25, 0.3) is 0 Å². The number of hydrogen-bond donors (Lipinski definition) is 1. The van der Waals surface area contributed by atoms with Crippen LogP contribution in [0.25, 0.3) is 27.2 Å². The van der Waals surface area contributed by atoms with E-state index in [4.69, 9.17) is 4.74 Å². The lowest BCUT2D eigenvalue weighted by atomic mass is 10.0. The summed E-state index contributed by atoms with van der Waals surface area (Å²) in [7, 11) is 1.72. The van der Waals surface area contributed by atoms with E-state index in [9.17, 15) is 9.90 Å². The van der Waals surface area contributed by atoms with Gasteiger partial charge in [-0.25, -0.2) is 9.78 Å². The number of imidazole rings is 1. The molecule has 3 aromatic heterocycles. The second-order valence-corrected chi connectivity index (χ2v) is 9.11. The van der Waals surface area contributed by atoms with Gasteiger partial charge in [0.05, 0.1) is 27.8 Å². The molecule has 0 aliphatic carbocycles. The maximum absolute atomic E-state index is 11.5. The van der Waals surface area contributed by atoms with Gasteiger partial charge in [0, 0.05) is 37.3 Å². The molecule has 0 aliphatic rings. The molecular weight excluding hydrogens is 398 g/mol. The molecule has 0 saturated carbocycles. The summed E-state index contributed by atoms with van der Waals surface area (Å²) < 4.78 is 10.8. The molecule has 30 heavy (non-hydrogen) atoms. The second kappa shape index (κ2) is 7.74. The van der Waals surface area contributed by atoms with Crippen molar-refractivity contribution >= 4 is 27.5 Å². The lowest BCUT2D eigenvalue weighted by Crippen LogP contribution is -2.24. The molecule has 4 rings (SSSR count). The fourth-order valence-electron chi connectivity index (χ4n) is 3.60. The number of aromatic nitrogens is 3. The van der Waals surface area contributed by atoms with E-state index in [0.717, 1.165) is 45.7 Å². The first kappa shape index (κ1) is 20.4.